The molecule has 2 N–H and O–H groups in total. The Labute approximate surface area is 187 Å². The Hall–Kier alpha value is -3.48. The van der Waals surface area contributed by atoms with Crippen LogP contribution >= 0.6 is 0 Å². The lowest BCUT2D eigenvalue weighted by molar-refractivity contribution is 0.394. The fraction of sp³-hybridized carbons (Fsp3) is 0.360. The van der Waals surface area contributed by atoms with E-state index in [0.29, 0.717) is 22.9 Å². The number of nitrogens with zero attached hydrogens (tertiary/aromatic N) is 3. The molecule has 32 heavy (non-hydrogen) atoms. The summed E-state index contributed by atoms with van der Waals surface area (Å²) >= 11 is 0. The molecule has 1 aromatic heterocycles. The Kier molecular flexibility index (Phi) is 5.25. The molecule has 7 nitrogen and oxygen atoms in total. The summed E-state index contributed by atoms with van der Waals surface area (Å²) < 4.78 is 12.4. The second-order valence-electron chi connectivity index (χ2n) is 8.41. The van der Waals surface area contributed by atoms with Crippen molar-refractivity contribution in [2.24, 2.45) is 0 Å². The molecule has 0 atom stereocenters. The third-order valence-corrected chi connectivity index (χ3v) is 6.49. The molecule has 1 fully saturated rings. The summed E-state index contributed by atoms with van der Waals surface area (Å²) in [4.78, 5) is 15.8. The maximum absolute atomic E-state index is 13.5. The Morgan fingerprint density at radius 3 is 2.28 bits per heavy atom. The van der Waals surface area contributed by atoms with Gasteiger partial charge in [0.25, 0.3) is 5.56 Å². The van der Waals surface area contributed by atoms with Gasteiger partial charge in [0.1, 0.15) is 11.5 Å². The average Bonchev–Trinajstić information content (AvgIpc) is 3.52. The van der Waals surface area contributed by atoms with Crippen LogP contribution in [0.25, 0.3) is 16.9 Å². The predicted octanol–water partition coefficient (Wildman–Crippen LogP) is 3.59. The Morgan fingerprint density at radius 2 is 1.59 bits per heavy atom. The number of nitrogen functional groups attached to an aromatic ring is 1. The van der Waals surface area contributed by atoms with Crippen molar-refractivity contribution in [2.45, 2.75) is 32.1 Å². The van der Waals surface area contributed by atoms with E-state index in [1.807, 2.05) is 36.4 Å². The van der Waals surface area contributed by atoms with Gasteiger partial charge in [-0.2, -0.15) is 9.78 Å². The second kappa shape index (κ2) is 8.22. The normalized spacial score (nSPS) is 15.1. The summed E-state index contributed by atoms with van der Waals surface area (Å²) in [5.74, 6) is 1.36. The van der Waals surface area contributed by atoms with E-state index in [4.69, 9.17) is 20.3 Å². The van der Waals surface area contributed by atoms with Crippen molar-refractivity contribution in [1.29, 1.82) is 0 Å². The number of nitrogens with two attached hydrogens (primary N) is 1. The van der Waals surface area contributed by atoms with Crippen LogP contribution in [0.3, 0.4) is 0 Å². The summed E-state index contributed by atoms with van der Waals surface area (Å²) in [6.45, 7) is 2.04. The molecule has 0 amide bonds. The van der Waals surface area contributed by atoms with Crippen molar-refractivity contribution in [3.8, 4) is 28.4 Å². The molecule has 0 spiro atoms. The highest BCUT2D eigenvalue weighted by molar-refractivity contribution is 5.70. The third-order valence-electron chi connectivity index (χ3n) is 6.49. The first-order chi connectivity index (χ1) is 15.6. The standard InChI is InChI=1S/C25H28N4O3/c1-31-18-12-16(13-19(15-18)32-2)24-20-6-5-7-21(20)25(30)29(27-24)23-14-17(8-9-22(23)26)28-10-3-4-11-28/h8-9,12-15H,3-7,10-11,26H2,1-2H3. The topological polar surface area (TPSA) is 82.6 Å². The maximum Gasteiger partial charge on any atom is 0.275 e. The Bertz CT molecular complexity index is 1210. The summed E-state index contributed by atoms with van der Waals surface area (Å²) in [5.41, 5.74) is 12.0. The molecule has 7 heteroatoms. The van der Waals surface area contributed by atoms with Gasteiger partial charge in [0.15, 0.2) is 0 Å². The molecule has 0 saturated carbocycles. The summed E-state index contributed by atoms with van der Waals surface area (Å²) in [6, 6.07) is 11.6. The SMILES string of the molecule is COc1cc(OC)cc(-c2nn(-c3cc(N4CCCC4)ccc3N)c(=O)c3c2CCC3)c1. The molecule has 1 saturated heterocycles. The summed E-state index contributed by atoms with van der Waals surface area (Å²) in [5, 5.41) is 4.86. The van der Waals surface area contributed by atoms with Gasteiger partial charge in [-0.3, -0.25) is 4.79 Å². The van der Waals surface area contributed by atoms with Gasteiger partial charge < -0.3 is 20.1 Å². The van der Waals surface area contributed by atoms with Crippen LogP contribution < -0.4 is 25.7 Å². The lowest BCUT2D eigenvalue weighted by Gasteiger charge is -2.20. The molecule has 2 heterocycles. The number of ether oxygens (including phenoxy) is 2. The zero-order chi connectivity index (χ0) is 22.2. The van der Waals surface area contributed by atoms with Crippen molar-refractivity contribution in [3.05, 3.63) is 57.9 Å². The van der Waals surface area contributed by atoms with E-state index >= 15 is 0 Å². The highest BCUT2D eigenvalue weighted by atomic mass is 16.5. The van der Waals surface area contributed by atoms with Crippen molar-refractivity contribution >= 4 is 11.4 Å². The highest BCUT2D eigenvalue weighted by Gasteiger charge is 2.25. The number of aromatic nitrogens is 2. The monoisotopic (exact) mass is 432 g/mol. The number of hydrogen-bond acceptors (Lipinski definition) is 6. The van der Waals surface area contributed by atoms with Crippen LogP contribution in [0.4, 0.5) is 11.4 Å². The van der Waals surface area contributed by atoms with Crippen LogP contribution in [0.15, 0.2) is 41.2 Å². The number of rotatable bonds is 5. The van der Waals surface area contributed by atoms with Gasteiger partial charge in [-0.05, 0) is 68.0 Å². The maximum atomic E-state index is 13.5. The fourth-order valence-corrected chi connectivity index (χ4v) is 4.80. The lowest BCUT2D eigenvalue weighted by atomic mass is 10.0. The fourth-order valence-electron chi connectivity index (χ4n) is 4.80. The van der Waals surface area contributed by atoms with Crippen molar-refractivity contribution in [2.75, 3.05) is 37.9 Å². The number of benzene rings is 2. The van der Waals surface area contributed by atoms with E-state index in [-0.39, 0.29) is 5.56 Å². The Balaban J connectivity index is 1.71. The van der Waals surface area contributed by atoms with Gasteiger partial charge in [0.05, 0.1) is 31.3 Å². The molecule has 1 aliphatic carbocycles. The third kappa shape index (κ3) is 3.47. The van der Waals surface area contributed by atoms with Crippen LogP contribution in [0.2, 0.25) is 0 Å². The van der Waals surface area contributed by atoms with E-state index < -0.39 is 0 Å². The van der Waals surface area contributed by atoms with E-state index in [1.165, 1.54) is 17.5 Å². The minimum Gasteiger partial charge on any atom is -0.497 e. The molecule has 5 rings (SSSR count). The number of methoxy groups -OCH3 is 2. The van der Waals surface area contributed by atoms with E-state index in [9.17, 15) is 4.79 Å². The predicted molar refractivity (Wildman–Crippen MR) is 126 cm³/mol. The molecule has 0 unspecified atom stereocenters. The molecule has 166 valence electrons. The first-order valence-electron chi connectivity index (χ1n) is 11.1. The largest absolute Gasteiger partial charge is 0.497 e. The summed E-state index contributed by atoms with van der Waals surface area (Å²) in [7, 11) is 3.25. The second-order valence-corrected chi connectivity index (χ2v) is 8.41. The van der Waals surface area contributed by atoms with Crippen LogP contribution in [0, 0.1) is 0 Å². The van der Waals surface area contributed by atoms with E-state index in [0.717, 1.165) is 60.4 Å². The first kappa shape index (κ1) is 20.4. The van der Waals surface area contributed by atoms with Gasteiger partial charge in [-0.1, -0.05) is 0 Å². The smallest absolute Gasteiger partial charge is 0.275 e. The van der Waals surface area contributed by atoms with Crippen LogP contribution in [0.5, 0.6) is 11.5 Å². The Morgan fingerprint density at radius 1 is 0.906 bits per heavy atom. The van der Waals surface area contributed by atoms with Crippen LogP contribution in [-0.2, 0) is 12.8 Å². The zero-order valence-electron chi connectivity index (χ0n) is 18.6. The minimum atomic E-state index is -0.0821. The van der Waals surface area contributed by atoms with Crippen molar-refractivity contribution in [3.63, 3.8) is 0 Å². The van der Waals surface area contributed by atoms with Gasteiger partial charge in [-0.25, -0.2) is 0 Å². The van der Waals surface area contributed by atoms with Gasteiger partial charge in [-0.15, -0.1) is 0 Å². The molecule has 1 aliphatic heterocycles. The van der Waals surface area contributed by atoms with E-state index in [2.05, 4.69) is 4.90 Å². The summed E-state index contributed by atoms with van der Waals surface area (Å²) in [6.07, 6.45) is 4.87. The minimum absolute atomic E-state index is 0.0821. The lowest BCUT2D eigenvalue weighted by Crippen LogP contribution is -2.27. The zero-order valence-corrected chi connectivity index (χ0v) is 18.6. The van der Waals surface area contributed by atoms with Crippen LogP contribution in [0.1, 0.15) is 30.4 Å². The number of hydrogen-bond donors (Lipinski definition) is 1. The highest BCUT2D eigenvalue weighted by Crippen LogP contribution is 2.35. The molecule has 0 bridgehead atoms. The molecular formula is C25H28N4O3. The van der Waals surface area contributed by atoms with Gasteiger partial charge in [0.2, 0.25) is 0 Å². The van der Waals surface area contributed by atoms with Crippen LogP contribution in [-0.4, -0.2) is 37.1 Å². The van der Waals surface area contributed by atoms with Crippen molar-refractivity contribution < 1.29 is 9.47 Å². The molecule has 2 aromatic carbocycles. The molecule has 0 radical (unpaired) electrons. The first-order valence-corrected chi connectivity index (χ1v) is 11.1. The van der Waals surface area contributed by atoms with Gasteiger partial charge >= 0.3 is 0 Å². The quantitative estimate of drug-likeness (QED) is 0.621. The van der Waals surface area contributed by atoms with Crippen molar-refractivity contribution in [1.82, 2.24) is 9.78 Å². The molecule has 3 aromatic rings. The molecular weight excluding hydrogens is 404 g/mol. The number of anilines is 2. The van der Waals surface area contributed by atoms with Gasteiger partial charge in [0, 0.05) is 36.0 Å². The van der Waals surface area contributed by atoms with E-state index in [1.54, 1.807) is 14.2 Å². The molecule has 2 aliphatic rings. The number of fused-ring (bicyclic) bond motifs is 1. The average molecular weight is 433 g/mol.